The Labute approximate surface area is 194 Å². The predicted octanol–water partition coefficient (Wildman–Crippen LogP) is 3.62. The molecule has 0 spiro atoms. The molecule has 4 rings (SSSR count). The van der Waals surface area contributed by atoms with E-state index in [1.807, 2.05) is 32.9 Å². The van der Waals surface area contributed by atoms with Gasteiger partial charge in [-0.3, -0.25) is 4.79 Å². The van der Waals surface area contributed by atoms with Crippen LogP contribution in [0.4, 0.5) is 5.69 Å². The number of aromatic nitrogens is 3. The van der Waals surface area contributed by atoms with Crippen LogP contribution in [0.2, 0.25) is 0 Å². The summed E-state index contributed by atoms with van der Waals surface area (Å²) in [7, 11) is -3.22. The second-order valence-corrected chi connectivity index (χ2v) is 12.2. The van der Waals surface area contributed by atoms with Crippen molar-refractivity contribution in [2.24, 2.45) is 10.8 Å². The SMILES string of the molecule is CC1(CNS(C)(=O)=O)CCN(c2cccc(-c3cnc4[nH]cc(C(=O)C(C)(C)C)c4n3)c2)C1. The second kappa shape index (κ2) is 8.22. The number of fused-ring (bicyclic) bond motifs is 1. The fourth-order valence-electron chi connectivity index (χ4n) is 4.16. The summed E-state index contributed by atoms with van der Waals surface area (Å²) in [5, 5.41) is 0. The van der Waals surface area contributed by atoms with E-state index in [9.17, 15) is 13.2 Å². The van der Waals surface area contributed by atoms with E-state index in [1.54, 1.807) is 12.4 Å². The summed E-state index contributed by atoms with van der Waals surface area (Å²) in [6.45, 7) is 9.80. The number of carbonyl (C=O) groups is 1. The van der Waals surface area contributed by atoms with Gasteiger partial charge in [-0.25, -0.2) is 23.1 Å². The minimum Gasteiger partial charge on any atom is -0.371 e. The van der Waals surface area contributed by atoms with E-state index in [0.717, 1.165) is 30.8 Å². The van der Waals surface area contributed by atoms with Crippen molar-refractivity contribution in [3.05, 3.63) is 42.2 Å². The third kappa shape index (κ3) is 5.09. The van der Waals surface area contributed by atoms with Crippen molar-refractivity contribution >= 4 is 32.7 Å². The van der Waals surface area contributed by atoms with Gasteiger partial charge in [0.1, 0.15) is 5.52 Å². The lowest BCUT2D eigenvalue weighted by molar-refractivity contribution is 0.0860. The van der Waals surface area contributed by atoms with E-state index in [2.05, 4.69) is 38.6 Å². The maximum absolute atomic E-state index is 12.9. The summed E-state index contributed by atoms with van der Waals surface area (Å²) in [6.07, 6.45) is 5.49. The number of carbonyl (C=O) groups excluding carboxylic acids is 1. The molecule has 0 saturated carbocycles. The Bertz CT molecular complexity index is 1310. The van der Waals surface area contributed by atoms with Gasteiger partial charge < -0.3 is 9.88 Å². The Morgan fingerprint density at radius 3 is 2.76 bits per heavy atom. The highest BCUT2D eigenvalue weighted by Crippen LogP contribution is 2.34. The number of nitrogens with zero attached hydrogens (tertiary/aromatic N) is 3. The molecule has 176 valence electrons. The zero-order valence-corrected chi connectivity index (χ0v) is 20.6. The largest absolute Gasteiger partial charge is 0.371 e. The van der Waals surface area contributed by atoms with Crippen LogP contribution in [0.25, 0.3) is 22.4 Å². The Morgan fingerprint density at radius 2 is 2.06 bits per heavy atom. The summed E-state index contributed by atoms with van der Waals surface area (Å²) in [5.74, 6) is 0.0213. The lowest BCUT2D eigenvalue weighted by Crippen LogP contribution is -2.37. The molecule has 33 heavy (non-hydrogen) atoms. The molecule has 1 fully saturated rings. The van der Waals surface area contributed by atoms with Crippen LogP contribution >= 0.6 is 0 Å². The molecule has 8 nitrogen and oxygen atoms in total. The molecular weight excluding hydrogens is 438 g/mol. The van der Waals surface area contributed by atoms with Crippen molar-refractivity contribution in [1.82, 2.24) is 19.7 Å². The number of hydrogen-bond donors (Lipinski definition) is 2. The van der Waals surface area contributed by atoms with E-state index in [4.69, 9.17) is 4.98 Å². The number of Topliss-reactive ketones (excluding diaryl/α,β-unsaturated/α-hetero) is 1. The van der Waals surface area contributed by atoms with Gasteiger partial charge in [-0.1, -0.05) is 39.8 Å². The van der Waals surface area contributed by atoms with Crippen molar-refractivity contribution in [3.8, 4) is 11.3 Å². The Hall–Kier alpha value is -2.78. The first-order chi connectivity index (χ1) is 15.3. The fourth-order valence-corrected chi connectivity index (χ4v) is 4.77. The molecule has 0 amide bonds. The van der Waals surface area contributed by atoms with Crippen LogP contribution in [0.1, 0.15) is 44.5 Å². The van der Waals surface area contributed by atoms with Crippen molar-refractivity contribution < 1.29 is 13.2 Å². The zero-order valence-electron chi connectivity index (χ0n) is 19.8. The van der Waals surface area contributed by atoms with E-state index >= 15 is 0 Å². The van der Waals surface area contributed by atoms with Crippen molar-refractivity contribution in [3.63, 3.8) is 0 Å². The summed E-state index contributed by atoms with van der Waals surface area (Å²) < 4.78 is 25.7. The lowest BCUT2D eigenvalue weighted by atomic mass is 9.87. The minimum atomic E-state index is -3.22. The summed E-state index contributed by atoms with van der Waals surface area (Å²) >= 11 is 0. The van der Waals surface area contributed by atoms with Crippen molar-refractivity contribution in [2.75, 3.05) is 30.8 Å². The highest BCUT2D eigenvalue weighted by molar-refractivity contribution is 7.88. The van der Waals surface area contributed by atoms with E-state index in [-0.39, 0.29) is 11.2 Å². The van der Waals surface area contributed by atoms with Gasteiger partial charge in [0.2, 0.25) is 10.0 Å². The topological polar surface area (TPSA) is 108 Å². The molecular formula is C24H31N5O3S. The molecule has 1 saturated heterocycles. The van der Waals surface area contributed by atoms with Gasteiger partial charge in [0.25, 0.3) is 0 Å². The molecule has 1 aliphatic heterocycles. The van der Waals surface area contributed by atoms with Gasteiger partial charge in [-0.15, -0.1) is 0 Å². The molecule has 1 aromatic carbocycles. The van der Waals surface area contributed by atoms with Crippen LogP contribution in [0, 0.1) is 10.8 Å². The number of rotatable bonds is 6. The number of ketones is 1. The number of benzene rings is 1. The Balaban J connectivity index is 1.60. The zero-order chi connectivity index (χ0) is 24.0. The highest BCUT2D eigenvalue weighted by atomic mass is 32.2. The monoisotopic (exact) mass is 469 g/mol. The minimum absolute atomic E-state index is 0.0213. The third-order valence-electron chi connectivity index (χ3n) is 6.13. The van der Waals surface area contributed by atoms with Gasteiger partial charge in [0.05, 0.1) is 23.7 Å². The van der Waals surface area contributed by atoms with Gasteiger partial charge >= 0.3 is 0 Å². The first-order valence-electron chi connectivity index (χ1n) is 11.0. The molecule has 2 N–H and O–H groups in total. The van der Waals surface area contributed by atoms with E-state index < -0.39 is 15.4 Å². The predicted molar refractivity (Wildman–Crippen MR) is 131 cm³/mol. The van der Waals surface area contributed by atoms with Gasteiger partial charge in [-0.2, -0.15) is 0 Å². The summed E-state index contributed by atoms with van der Waals surface area (Å²) in [5.41, 5.74) is 3.75. The van der Waals surface area contributed by atoms with Crippen LogP contribution in [0.15, 0.2) is 36.7 Å². The fraction of sp³-hybridized carbons (Fsp3) is 0.458. The van der Waals surface area contributed by atoms with Gasteiger partial charge in [0.15, 0.2) is 11.4 Å². The Kier molecular flexibility index (Phi) is 5.82. The first-order valence-corrected chi connectivity index (χ1v) is 12.9. The molecule has 9 heteroatoms. The maximum Gasteiger partial charge on any atom is 0.208 e. The van der Waals surface area contributed by atoms with Crippen molar-refractivity contribution in [1.29, 1.82) is 0 Å². The van der Waals surface area contributed by atoms with Crippen LogP contribution in [0.5, 0.6) is 0 Å². The Morgan fingerprint density at radius 1 is 1.30 bits per heavy atom. The van der Waals surface area contributed by atoms with E-state index in [1.165, 1.54) is 6.26 Å². The highest BCUT2D eigenvalue weighted by Gasteiger charge is 2.34. The molecule has 0 aliphatic carbocycles. The molecule has 1 atom stereocenters. The molecule has 0 bridgehead atoms. The smallest absolute Gasteiger partial charge is 0.208 e. The summed E-state index contributed by atoms with van der Waals surface area (Å²) in [4.78, 5) is 27.5. The quantitative estimate of drug-likeness (QED) is 0.534. The molecule has 1 aliphatic rings. The lowest BCUT2D eigenvalue weighted by Gasteiger charge is -2.25. The number of anilines is 1. The number of H-pyrrole nitrogens is 1. The van der Waals surface area contributed by atoms with Gasteiger partial charge in [0, 0.05) is 47.9 Å². The summed E-state index contributed by atoms with van der Waals surface area (Å²) in [6, 6.07) is 8.09. The molecule has 0 radical (unpaired) electrons. The molecule has 2 aromatic heterocycles. The number of nitrogens with one attached hydrogen (secondary N) is 2. The third-order valence-corrected chi connectivity index (χ3v) is 6.80. The van der Waals surface area contributed by atoms with Crippen LogP contribution in [-0.4, -0.2) is 55.0 Å². The average Bonchev–Trinajstić information content (AvgIpc) is 3.34. The number of sulfonamides is 1. The second-order valence-electron chi connectivity index (χ2n) is 10.4. The van der Waals surface area contributed by atoms with Crippen LogP contribution in [0.3, 0.4) is 0 Å². The maximum atomic E-state index is 12.9. The molecule has 3 heterocycles. The molecule has 3 aromatic rings. The average molecular weight is 470 g/mol. The van der Waals surface area contributed by atoms with Crippen molar-refractivity contribution in [2.45, 2.75) is 34.1 Å². The molecule has 1 unspecified atom stereocenters. The van der Waals surface area contributed by atoms with Crippen LogP contribution < -0.4 is 9.62 Å². The van der Waals surface area contributed by atoms with E-state index in [0.29, 0.717) is 29.0 Å². The normalized spacial score (nSPS) is 19.4. The van der Waals surface area contributed by atoms with Crippen LogP contribution in [-0.2, 0) is 10.0 Å². The standard InChI is InChI=1S/C24H31N5O3S/c1-23(2,3)21(30)18-12-25-22-20(18)28-19(13-26-22)16-7-6-8-17(11-16)29-10-9-24(4,15-29)14-27-33(5,31)32/h6-8,11-13,27H,9-10,14-15H2,1-5H3,(H,25,26). The number of aromatic amines is 1. The number of hydrogen-bond acceptors (Lipinski definition) is 6. The first kappa shape index (κ1) is 23.4. The van der Waals surface area contributed by atoms with Gasteiger partial charge in [-0.05, 0) is 18.6 Å².